The van der Waals surface area contributed by atoms with E-state index in [9.17, 15) is 9.59 Å². The second-order valence-electron chi connectivity index (χ2n) is 4.18. The number of anilines is 1. The topological polar surface area (TPSA) is 105 Å². The number of carboxylic acid groups (broad SMARTS) is 1. The van der Waals surface area contributed by atoms with Gasteiger partial charge in [-0.25, -0.2) is 4.98 Å². The summed E-state index contributed by atoms with van der Waals surface area (Å²) in [6.45, 7) is 2.48. The minimum absolute atomic E-state index is 0.133. The molecular weight excluding hydrogens is 234 g/mol. The average molecular weight is 251 g/mol. The first-order valence-corrected chi connectivity index (χ1v) is 5.71. The second kappa shape index (κ2) is 6.58. The van der Waals surface area contributed by atoms with Crippen LogP contribution in [0.4, 0.5) is 5.82 Å². The Kier molecular flexibility index (Phi) is 5.10. The molecule has 1 amide bonds. The third kappa shape index (κ3) is 4.40. The molecule has 0 saturated heterocycles. The number of rotatable bonds is 7. The van der Waals surface area contributed by atoms with E-state index in [0.717, 1.165) is 0 Å². The van der Waals surface area contributed by atoms with Crippen molar-refractivity contribution in [3.05, 3.63) is 23.9 Å². The molecule has 1 aromatic heterocycles. The fourth-order valence-corrected chi connectivity index (χ4v) is 1.49. The Balaban J connectivity index is 2.53. The van der Waals surface area contributed by atoms with E-state index in [1.54, 1.807) is 18.3 Å². The van der Waals surface area contributed by atoms with Crippen LogP contribution < -0.4 is 11.1 Å². The predicted octanol–water partition coefficient (Wildman–Crippen LogP) is 1.09. The zero-order chi connectivity index (χ0) is 13.5. The zero-order valence-electron chi connectivity index (χ0n) is 10.2. The van der Waals surface area contributed by atoms with Crippen molar-refractivity contribution in [3.8, 4) is 0 Å². The molecule has 1 aromatic rings. The van der Waals surface area contributed by atoms with Crippen molar-refractivity contribution in [1.29, 1.82) is 0 Å². The maximum absolute atomic E-state index is 11.1. The quantitative estimate of drug-likeness (QED) is 0.672. The van der Waals surface area contributed by atoms with Crippen LogP contribution in [0.3, 0.4) is 0 Å². The fourth-order valence-electron chi connectivity index (χ4n) is 1.49. The highest BCUT2D eigenvalue weighted by atomic mass is 16.4. The number of pyridine rings is 1. The standard InChI is InChI=1S/C12H17N3O3/c1-8(4-5-10(16)17)7-15-12-9(11(13)18)3-2-6-14-12/h2-3,6,8H,4-5,7H2,1H3,(H2,13,18)(H,14,15)(H,16,17). The van der Waals surface area contributed by atoms with Crippen molar-refractivity contribution < 1.29 is 14.7 Å². The summed E-state index contributed by atoms with van der Waals surface area (Å²) in [5, 5.41) is 11.6. The number of nitrogens with zero attached hydrogens (tertiary/aromatic N) is 1. The summed E-state index contributed by atoms with van der Waals surface area (Å²) in [5.41, 5.74) is 5.56. The third-order valence-electron chi connectivity index (χ3n) is 2.54. The molecule has 1 unspecified atom stereocenters. The number of aliphatic carboxylic acids is 1. The Hall–Kier alpha value is -2.11. The first kappa shape index (κ1) is 14.0. The Morgan fingerprint density at radius 3 is 2.89 bits per heavy atom. The number of hydrogen-bond acceptors (Lipinski definition) is 4. The van der Waals surface area contributed by atoms with E-state index in [2.05, 4.69) is 10.3 Å². The first-order chi connectivity index (χ1) is 8.50. The van der Waals surface area contributed by atoms with Crippen LogP contribution in [0.5, 0.6) is 0 Å². The van der Waals surface area contributed by atoms with Crippen molar-refractivity contribution in [2.45, 2.75) is 19.8 Å². The number of nitrogens with one attached hydrogen (secondary N) is 1. The van der Waals surface area contributed by atoms with E-state index in [0.29, 0.717) is 24.3 Å². The van der Waals surface area contributed by atoms with E-state index in [-0.39, 0.29) is 12.3 Å². The summed E-state index contributed by atoms with van der Waals surface area (Å²) < 4.78 is 0. The van der Waals surface area contributed by atoms with Crippen LogP contribution in [0.1, 0.15) is 30.1 Å². The normalized spacial score (nSPS) is 11.8. The van der Waals surface area contributed by atoms with Crippen LogP contribution in [0.25, 0.3) is 0 Å². The molecule has 6 heteroatoms. The van der Waals surface area contributed by atoms with Crippen molar-refractivity contribution >= 4 is 17.7 Å². The van der Waals surface area contributed by atoms with E-state index in [4.69, 9.17) is 10.8 Å². The average Bonchev–Trinajstić information content (AvgIpc) is 2.34. The number of carbonyl (C=O) groups excluding carboxylic acids is 1. The number of aromatic nitrogens is 1. The van der Waals surface area contributed by atoms with Gasteiger partial charge in [-0.1, -0.05) is 6.92 Å². The number of hydrogen-bond donors (Lipinski definition) is 3. The smallest absolute Gasteiger partial charge is 0.303 e. The van der Waals surface area contributed by atoms with Crippen LogP contribution in [0, 0.1) is 5.92 Å². The summed E-state index contributed by atoms with van der Waals surface area (Å²) >= 11 is 0. The summed E-state index contributed by atoms with van der Waals surface area (Å²) in [7, 11) is 0. The third-order valence-corrected chi connectivity index (χ3v) is 2.54. The van der Waals surface area contributed by atoms with Crippen molar-refractivity contribution in [2.24, 2.45) is 11.7 Å². The Morgan fingerprint density at radius 1 is 1.56 bits per heavy atom. The molecule has 6 nitrogen and oxygen atoms in total. The predicted molar refractivity (Wildman–Crippen MR) is 67.3 cm³/mol. The second-order valence-corrected chi connectivity index (χ2v) is 4.18. The van der Waals surface area contributed by atoms with Crippen LogP contribution in [-0.4, -0.2) is 28.5 Å². The maximum Gasteiger partial charge on any atom is 0.303 e. The molecule has 0 fully saturated rings. The molecule has 4 N–H and O–H groups in total. The number of carbonyl (C=O) groups is 2. The summed E-state index contributed by atoms with van der Waals surface area (Å²) in [6.07, 6.45) is 2.27. The first-order valence-electron chi connectivity index (χ1n) is 5.71. The lowest BCUT2D eigenvalue weighted by molar-refractivity contribution is -0.137. The number of carboxylic acids is 1. The summed E-state index contributed by atoms with van der Waals surface area (Å²) in [4.78, 5) is 25.6. The van der Waals surface area contributed by atoms with Gasteiger partial charge in [-0.15, -0.1) is 0 Å². The minimum Gasteiger partial charge on any atom is -0.481 e. The van der Waals surface area contributed by atoms with Gasteiger partial charge in [0, 0.05) is 19.2 Å². The molecule has 0 spiro atoms. The minimum atomic E-state index is -0.808. The van der Waals surface area contributed by atoms with Gasteiger partial charge in [0.25, 0.3) is 5.91 Å². The molecule has 0 aliphatic heterocycles. The molecule has 18 heavy (non-hydrogen) atoms. The molecule has 1 atom stereocenters. The maximum atomic E-state index is 11.1. The molecule has 0 aliphatic carbocycles. The van der Waals surface area contributed by atoms with Gasteiger partial charge < -0.3 is 16.2 Å². The lowest BCUT2D eigenvalue weighted by Gasteiger charge is -2.13. The largest absolute Gasteiger partial charge is 0.481 e. The van der Waals surface area contributed by atoms with Gasteiger partial charge in [-0.3, -0.25) is 9.59 Å². The van der Waals surface area contributed by atoms with Crippen molar-refractivity contribution in [1.82, 2.24) is 4.98 Å². The lowest BCUT2D eigenvalue weighted by atomic mass is 10.1. The van der Waals surface area contributed by atoms with Gasteiger partial charge in [0.1, 0.15) is 5.82 Å². The Morgan fingerprint density at radius 2 is 2.28 bits per heavy atom. The SMILES string of the molecule is CC(CCC(=O)O)CNc1ncccc1C(N)=O. The number of nitrogens with two attached hydrogens (primary N) is 1. The Labute approximate surface area is 105 Å². The monoisotopic (exact) mass is 251 g/mol. The highest BCUT2D eigenvalue weighted by molar-refractivity contribution is 5.97. The Bertz CT molecular complexity index is 434. The van der Waals surface area contributed by atoms with Gasteiger partial charge >= 0.3 is 5.97 Å². The van der Waals surface area contributed by atoms with Crippen molar-refractivity contribution in [3.63, 3.8) is 0 Å². The number of primary amides is 1. The highest BCUT2D eigenvalue weighted by Gasteiger charge is 2.10. The summed E-state index contributed by atoms with van der Waals surface area (Å²) in [6, 6.07) is 3.23. The number of amides is 1. The van der Waals surface area contributed by atoms with Crippen LogP contribution in [0.15, 0.2) is 18.3 Å². The lowest BCUT2D eigenvalue weighted by Crippen LogP contribution is -2.18. The van der Waals surface area contributed by atoms with Gasteiger partial charge in [0.05, 0.1) is 5.56 Å². The molecule has 0 radical (unpaired) electrons. The van der Waals surface area contributed by atoms with Gasteiger partial charge in [-0.2, -0.15) is 0 Å². The zero-order valence-corrected chi connectivity index (χ0v) is 10.2. The molecule has 0 aromatic carbocycles. The molecule has 1 heterocycles. The van der Waals surface area contributed by atoms with Crippen LogP contribution in [-0.2, 0) is 4.79 Å². The van der Waals surface area contributed by atoms with E-state index in [1.165, 1.54) is 0 Å². The molecular formula is C12H17N3O3. The van der Waals surface area contributed by atoms with Gasteiger partial charge in [-0.05, 0) is 24.5 Å². The van der Waals surface area contributed by atoms with Gasteiger partial charge in [0.15, 0.2) is 0 Å². The molecule has 0 bridgehead atoms. The summed E-state index contributed by atoms with van der Waals surface area (Å²) in [5.74, 6) is -0.739. The van der Waals surface area contributed by atoms with E-state index < -0.39 is 11.9 Å². The van der Waals surface area contributed by atoms with E-state index >= 15 is 0 Å². The fraction of sp³-hybridized carbons (Fsp3) is 0.417. The molecule has 98 valence electrons. The van der Waals surface area contributed by atoms with Crippen LogP contribution in [0.2, 0.25) is 0 Å². The van der Waals surface area contributed by atoms with Crippen molar-refractivity contribution in [2.75, 3.05) is 11.9 Å². The van der Waals surface area contributed by atoms with Crippen LogP contribution >= 0.6 is 0 Å². The molecule has 0 aliphatic rings. The van der Waals surface area contributed by atoms with E-state index in [1.807, 2.05) is 6.92 Å². The van der Waals surface area contributed by atoms with Gasteiger partial charge in [0.2, 0.25) is 0 Å². The highest BCUT2D eigenvalue weighted by Crippen LogP contribution is 2.12. The molecule has 0 saturated carbocycles. The molecule has 1 rings (SSSR count).